The number of anilines is 1. The van der Waals surface area contributed by atoms with E-state index in [1.165, 1.54) is 5.56 Å². The standard InChI is InChI=1S/C17H14Cl2N2/c18-14-3-1-11(2-4-14)12-7-16(8-12)21-15-5-6-17(19)13(9-15)10-20/h1-6,9,12,16,21H,7-8H2. The van der Waals surface area contributed by atoms with Crippen LogP contribution < -0.4 is 5.32 Å². The number of hydrogen-bond donors (Lipinski definition) is 1. The van der Waals surface area contributed by atoms with Crippen LogP contribution in [0.2, 0.25) is 10.0 Å². The molecule has 4 heteroatoms. The van der Waals surface area contributed by atoms with E-state index >= 15 is 0 Å². The Hall–Kier alpha value is -1.69. The lowest BCUT2D eigenvalue weighted by Crippen LogP contribution is -2.33. The van der Waals surface area contributed by atoms with Crippen molar-refractivity contribution < 1.29 is 0 Å². The minimum atomic E-state index is 0.443. The molecule has 3 rings (SSSR count). The second-order valence-electron chi connectivity index (χ2n) is 5.37. The first-order valence-electron chi connectivity index (χ1n) is 6.87. The molecule has 2 aromatic carbocycles. The molecule has 106 valence electrons. The molecule has 2 aromatic rings. The highest BCUT2D eigenvalue weighted by Gasteiger charge is 2.30. The molecule has 1 aliphatic rings. The van der Waals surface area contributed by atoms with Crippen LogP contribution in [0.15, 0.2) is 42.5 Å². The van der Waals surface area contributed by atoms with Gasteiger partial charge in [-0.2, -0.15) is 5.26 Å². The molecule has 0 spiro atoms. The van der Waals surface area contributed by atoms with E-state index in [4.69, 9.17) is 28.5 Å². The van der Waals surface area contributed by atoms with Crippen LogP contribution in [0.5, 0.6) is 0 Å². The molecular formula is C17H14Cl2N2. The van der Waals surface area contributed by atoms with Gasteiger partial charge in [0.25, 0.3) is 0 Å². The topological polar surface area (TPSA) is 35.8 Å². The first-order chi connectivity index (χ1) is 10.2. The summed E-state index contributed by atoms with van der Waals surface area (Å²) >= 11 is 11.8. The van der Waals surface area contributed by atoms with Gasteiger partial charge in [-0.25, -0.2) is 0 Å². The molecule has 1 fully saturated rings. The zero-order valence-corrected chi connectivity index (χ0v) is 12.8. The number of nitrogens with one attached hydrogen (secondary N) is 1. The third-order valence-electron chi connectivity index (χ3n) is 3.94. The van der Waals surface area contributed by atoms with Crippen molar-refractivity contribution in [2.45, 2.75) is 24.8 Å². The lowest BCUT2D eigenvalue weighted by atomic mass is 9.76. The summed E-state index contributed by atoms with van der Waals surface area (Å²) in [6.07, 6.45) is 2.18. The van der Waals surface area contributed by atoms with E-state index in [2.05, 4.69) is 23.5 Å². The quantitative estimate of drug-likeness (QED) is 0.842. The molecule has 0 heterocycles. The molecule has 21 heavy (non-hydrogen) atoms. The van der Waals surface area contributed by atoms with Gasteiger partial charge >= 0.3 is 0 Å². The van der Waals surface area contributed by atoms with Gasteiger partial charge in [0.15, 0.2) is 0 Å². The van der Waals surface area contributed by atoms with Gasteiger partial charge in [0.1, 0.15) is 6.07 Å². The molecule has 1 aliphatic carbocycles. The summed E-state index contributed by atoms with van der Waals surface area (Å²) in [5.74, 6) is 0.586. The van der Waals surface area contributed by atoms with Crippen LogP contribution >= 0.6 is 23.2 Å². The van der Waals surface area contributed by atoms with Crippen molar-refractivity contribution >= 4 is 28.9 Å². The molecule has 0 unspecified atom stereocenters. The molecule has 1 saturated carbocycles. The highest BCUT2D eigenvalue weighted by molar-refractivity contribution is 6.31. The van der Waals surface area contributed by atoms with Gasteiger partial charge in [0, 0.05) is 16.8 Å². The summed E-state index contributed by atoms with van der Waals surface area (Å²) in [6, 6.07) is 16.1. The van der Waals surface area contributed by atoms with Crippen molar-refractivity contribution in [3.63, 3.8) is 0 Å². The third-order valence-corrected chi connectivity index (χ3v) is 4.52. The zero-order chi connectivity index (χ0) is 14.8. The minimum absolute atomic E-state index is 0.443. The van der Waals surface area contributed by atoms with Crippen molar-refractivity contribution in [3.05, 3.63) is 63.6 Å². The molecule has 0 aromatic heterocycles. The Morgan fingerprint density at radius 1 is 1.05 bits per heavy atom. The highest BCUT2D eigenvalue weighted by Crippen LogP contribution is 2.39. The first kappa shape index (κ1) is 14.3. The predicted molar refractivity (Wildman–Crippen MR) is 87.0 cm³/mol. The lowest BCUT2D eigenvalue weighted by Gasteiger charge is -2.37. The lowest BCUT2D eigenvalue weighted by molar-refractivity contribution is 0.374. The van der Waals surface area contributed by atoms with Crippen molar-refractivity contribution in [1.82, 2.24) is 0 Å². The average molecular weight is 317 g/mol. The Bertz CT molecular complexity index is 683. The second kappa shape index (κ2) is 5.97. The molecule has 0 saturated heterocycles. The molecule has 0 amide bonds. The van der Waals surface area contributed by atoms with Crippen LogP contribution in [0.25, 0.3) is 0 Å². The average Bonchev–Trinajstić information content (AvgIpc) is 2.45. The van der Waals surface area contributed by atoms with Crippen LogP contribution in [-0.4, -0.2) is 6.04 Å². The van der Waals surface area contributed by atoms with E-state index in [0.717, 1.165) is 23.6 Å². The van der Waals surface area contributed by atoms with Crippen LogP contribution in [0.1, 0.15) is 29.9 Å². The number of nitriles is 1. The van der Waals surface area contributed by atoms with Gasteiger partial charge < -0.3 is 5.32 Å². The summed E-state index contributed by atoms with van der Waals surface area (Å²) in [5, 5.41) is 13.7. The van der Waals surface area contributed by atoms with E-state index in [0.29, 0.717) is 22.5 Å². The second-order valence-corrected chi connectivity index (χ2v) is 6.21. The van der Waals surface area contributed by atoms with Gasteiger partial charge in [-0.05, 0) is 54.7 Å². The normalized spacial score (nSPS) is 20.4. The molecule has 0 bridgehead atoms. The number of nitrogens with zero attached hydrogens (tertiary/aromatic N) is 1. The largest absolute Gasteiger partial charge is 0.382 e. The highest BCUT2D eigenvalue weighted by atomic mass is 35.5. The maximum absolute atomic E-state index is 8.99. The van der Waals surface area contributed by atoms with E-state index in [-0.39, 0.29) is 0 Å². The van der Waals surface area contributed by atoms with Crippen molar-refractivity contribution in [3.8, 4) is 6.07 Å². The smallest absolute Gasteiger partial charge is 0.101 e. The summed E-state index contributed by atoms with van der Waals surface area (Å²) in [7, 11) is 0. The number of hydrogen-bond acceptors (Lipinski definition) is 2. The van der Waals surface area contributed by atoms with Gasteiger partial charge in [-0.1, -0.05) is 35.3 Å². The summed E-state index contributed by atoms with van der Waals surface area (Å²) in [4.78, 5) is 0. The number of benzene rings is 2. The molecule has 0 aliphatic heterocycles. The molecule has 0 atom stereocenters. The van der Waals surface area contributed by atoms with Crippen molar-refractivity contribution in [1.29, 1.82) is 5.26 Å². The third kappa shape index (κ3) is 3.15. The summed E-state index contributed by atoms with van der Waals surface area (Å²) < 4.78 is 0. The fourth-order valence-electron chi connectivity index (χ4n) is 2.68. The van der Waals surface area contributed by atoms with Crippen LogP contribution in [0.3, 0.4) is 0 Å². The Balaban J connectivity index is 1.60. The Labute approximate surface area is 134 Å². The maximum atomic E-state index is 8.99. The van der Waals surface area contributed by atoms with Crippen LogP contribution in [0.4, 0.5) is 5.69 Å². The van der Waals surface area contributed by atoms with Crippen LogP contribution in [0, 0.1) is 11.3 Å². The molecule has 2 nitrogen and oxygen atoms in total. The Morgan fingerprint density at radius 3 is 2.43 bits per heavy atom. The van der Waals surface area contributed by atoms with E-state index < -0.39 is 0 Å². The maximum Gasteiger partial charge on any atom is 0.101 e. The predicted octanol–water partition coefficient (Wildman–Crippen LogP) is 5.22. The molecule has 1 N–H and O–H groups in total. The summed E-state index contributed by atoms with van der Waals surface area (Å²) in [6.45, 7) is 0. The van der Waals surface area contributed by atoms with Gasteiger partial charge in [0.05, 0.1) is 10.6 Å². The van der Waals surface area contributed by atoms with Crippen molar-refractivity contribution in [2.75, 3.05) is 5.32 Å². The fourth-order valence-corrected chi connectivity index (χ4v) is 2.97. The monoisotopic (exact) mass is 316 g/mol. The minimum Gasteiger partial charge on any atom is -0.382 e. The van der Waals surface area contributed by atoms with E-state index in [9.17, 15) is 0 Å². The molecular weight excluding hydrogens is 303 g/mol. The van der Waals surface area contributed by atoms with Crippen molar-refractivity contribution in [2.24, 2.45) is 0 Å². The first-order valence-corrected chi connectivity index (χ1v) is 7.63. The van der Waals surface area contributed by atoms with E-state index in [1.807, 2.05) is 18.2 Å². The van der Waals surface area contributed by atoms with Gasteiger partial charge in [-0.15, -0.1) is 0 Å². The number of halogens is 2. The Morgan fingerprint density at radius 2 is 1.76 bits per heavy atom. The molecule has 0 radical (unpaired) electrons. The van der Waals surface area contributed by atoms with E-state index in [1.54, 1.807) is 12.1 Å². The SMILES string of the molecule is N#Cc1cc(NC2CC(c3ccc(Cl)cc3)C2)ccc1Cl. The van der Waals surface area contributed by atoms with Gasteiger partial charge in [-0.3, -0.25) is 0 Å². The van der Waals surface area contributed by atoms with Gasteiger partial charge in [0.2, 0.25) is 0 Å². The summed E-state index contributed by atoms with van der Waals surface area (Å²) in [5.41, 5.74) is 2.80. The zero-order valence-electron chi connectivity index (χ0n) is 11.3. The number of rotatable bonds is 3. The fraction of sp³-hybridized carbons (Fsp3) is 0.235. The Kier molecular flexibility index (Phi) is 4.05. The van der Waals surface area contributed by atoms with Crippen LogP contribution in [-0.2, 0) is 0 Å².